The number of hydrogen-bond donors (Lipinski definition) is 1. The fraction of sp³-hybridized carbons (Fsp3) is 0.545. The molecular formula is C11H16N4. The number of nitrogens with zero attached hydrogens (tertiary/aromatic N) is 3. The van der Waals surface area contributed by atoms with Crippen molar-refractivity contribution < 1.29 is 0 Å². The summed E-state index contributed by atoms with van der Waals surface area (Å²) in [5.74, 6) is 1.65. The first-order valence-corrected chi connectivity index (χ1v) is 5.07. The highest BCUT2D eigenvalue weighted by molar-refractivity contribution is 5.50. The van der Waals surface area contributed by atoms with Crippen molar-refractivity contribution in [3.8, 4) is 6.07 Å². The number of aryl methyl sites for hydroxylation is 2. The zero-order chi connectivity index (χ0) is 11.4. The summed E-state index contributed by atoms with van der Waals surface area (Å²) in [6.45, 7) is 6.09. The number of hydrogen-bond acceptors (Lipinski definition) is 4. The lowest BCUT2D eigenvalue weighted by atomic mass is 10.1. The Kier molecular flexibility index (Phi) is 3.62. The summed E-state index contributed by atoms with van der Waals surface area (Å²) in [7, 11) is 0. The first-order valence-electron chi connectivity index (χ1n) is 5.07. The highest BCUT2D eigenvalue weighted by Crippen LogP contribution is 2.13. The van der Waals surface area contributed by atoms with Crippen LogP contribution in [0.2, 0.25) is 0 Å². The first kappa shape index (κ1) is 11.4. The molecule has 0 unspecified atom stereocenters. The topological polar surface area (TPSA) is 75.6 Å². The summed E-state index contributed by atoms with van der Waals surface area (Å²) in [5, 5.41) is 8.80. The minimum Gasteiger partial charge on any atom is -0.382 e. The van der Waals surface area contributed by atoms with Crippen molar-refractivity contribution in [1.82, 2.24) is 9.97 Å². The van der Waals surface area contributed by atoms with Crippen molar-refractivity contribution in [1.29, 1.82) is 5.26 Å². The Bertz CT molecular complexity index is 367. The maximum absolute atomic E-state index is 8.80. The molecule has 1 aromatic rings. The molecule has 0 aliphatic heterocycles. The summed E-state index contributed by atoms with van der Waals surface area (Å²) in [4.78, 5) is 8.38. The molecule has 0 saturated carbocycles. The molecule has 0 bridgehead atoms. The van der Waals surface area contributed by atoms with Crippen molar-refractivity contribution in [3.63, 3.8) is 0 Å². The largest absolute Gasteiger partial charge is 0.382 e. The quantitative estimate of drug-likeness (QED) is 0.814. The van der Waals surface area contributed by atoms with Gasteiger partial charge >= 0.3 is 0 Å². The highest BCUT2D eigenvalue weighted by Gasteiger charge is 2.08. The monoisotopic (exact) mass is 204 g/mol. The Balaban J connectivity index is 2.90. The van der Waals surface area contributed by atoms with Gasteiger partial charge in [0.25, 0.3) is 0 Å². The van der Waals surface area contributed by atoms with Gasteiger partial charge in [0.1, 0.15) is 23.3 Å². The molecule has 0 radical (unpaired) electrons. The lowest BCUT2D eigenvalue weighted by Gasteiger charge is -2.06. The molecule has 2 N–H and O–H groups in total. The van der Waals surface area contributed by atoms with E-state index in [1.54, 1.807) is 6.92 Å². The van der Waals surface area contributed by atoms with Crippen molar-refractivity contribution in [2.75, 3.05) is 5.73 Å². The van der Waals surface area contributed by atoms with Gasteiger partial charge in [-0.2, -0.15) is 5.26 Å². The van der Waals surface area contributed by atoms with Crippen LogP contribution in [0.5, 0.6) is 0 Å². The maximum Gasteiger partial charge on any atom is 0.145 e. The van der Waals surface area contributed by atoms with Crippen LogP contribution in [0.25, 0.3) is 0 Å². The van der Waals surface area contributed by atoms with E-state index in [1.165, 1.54) is 0 Å². The minimum atomic E-state index is 0.295. The molecule has 0 aliphatic carbocycles. The van der Waals surface area contributed by atoms with Crippen molar-refractivity contribution in [2.24, 2.45) is 5.92 Å². The standard InChI is InChI=1S/C11H16N4/c1-7(2)4-5-10-14-8(3)9(6-12)11(13)15-10/h7H,4-5H2,1-3H3,(H2,13,14,15). The molecule has 0 atom stereocenters. The lowest BCUT2D eigenvalue weighted by Crippen LogP contribution is -2.06. The third kappa shape index (κ3) is 2.91. The molecule has 80 valence electrons. The average molecular weight is 204 g/mol. The number of aromatic nitrogens is 2. The maximum atomic E-state index is 8.80. The molecule has 0 aliphatic rings. The molecule has 0 spiro atoms. The zero-order valence-electron chi connectivity index (χ0n) is 9.41. The van der Waals surface area contributed by atoms with Crippen LogP contribution in [0.1, 0.15) is 37.4 Å². The van der Waals surface area contributed by atoms with Crippen LogP contribution in [-0.2, 0) is 6.42 Å². The van der Waals surface area contributed by atoms with Crippen LogP contribution in [0.3, 0.4) is 0 Å². The number of anilines is 1. The molecule has 0 fully saturated rings. The molecule has 4 heteroatoms. The van der Waals surface area contributed by atoms with Gasteiger partial charge in [-0.05, 0) is 19.3 Å². The van der Waals surface area contributed by atoms with Crippen LogP contribution in [0, 0.1) is 24.2 Å². The third-order valence-electron chi connectivity index (χ3n) is 2.22. The second-order valence-electron chi connectivity index (χ2n) is 4.03. The summed E-state index contributed by atoms with van der Waals surface area (Å²) >= 11 is 0. The van der Waals surface area contributed by atoms with Crippen LogP contribution in [-0.4, -0.2) is 9.97 Å². The van der Waals surface area contributed by atoms with Gasteiger partial charge in [-0.15, -0.1) is 0 Å². The van der Waals surface area contributed by atoms with Crippen molar-refractivity contribution >= 4 is 5.82 Å². The average Bonchev–Trinajstić information content (AvgIpc) is 2.14. The molecular weight excluding hydrogens is 188 g/mol. The molecule has 4 nitrogen and oxygen atoms in total. The molecule has 15 heavy (non-hydrogen) atoms. The summed E-state index contributed by atoms with van der Waals surface area (Å²) < 4.78 is 0. The van der Waals surface area contributed by atoms with Gasteiger partial charge in [-0.3, -0.25) is 0 Å². The van der Waals surface area contributed by atoms with E-state index in [9.17, 15) is 0 Å². The van der Waals surface area contributed by atoms with Gasteiger partial charge < -0.3 is 5.73 Å². The molecule has 1 aromatic heterocycles. The van der Waals surface area contributed by atoms with E-state index in [-0.39, 0.29) is 0 Å². The molecule has 0 amide bonds. The second kappa shape index (κ2) is 4.74. The number of nitrogen functional groups attached to an aromatic ring is 1. The van der Waals surface area contributed by atoms with Gasteiger partial charge in [0.05, 0.1) is 5.69 Å². The van der Waals surface area contributed by atoms with E-state index in [0.717, 1.165) is 18.7 Å². The predicted molar refractivity (Wildman–Crippen MR) is 59.1 cm³/mol. The fourth-order valence-corrected chi connectivity index (χ4v) is 1.32. The number of rotatable bonds is 3. The Labute approximate surface area is 90.2 Å². The smallest absolute Gasteiger partial charge is 0.145 e. The number of nitriles is 1. The second-order valence-corrected chi connectivity index (χ2v) is 4.03. The number of nitrogens with two attached hydrogens (primary N) is 1. The van der Waals surface area contributed by atoms with E-state index >= 15 is 0 Å². The molecule has 1 heterocycles. The van der Waals surface area contributed by atoms with E-state index in [4.69, 9.17) is 11.0 Å². The van der Waals surface area contributed by atoms with Gasteiger partial charge in [0.15, 0.2) is 0 Å². The Morgan fingerprint density at radius 3 is 2.53 bits per heavy atom. The highest BCUT2D eigenvalue weighted by atomic mass is 14.9. The van der Waals surface area contributed by atoms with E-state index < -0.39 is 0 Å². The Hall–Kier alpha value is -1.63. The predicted octanol–water partition coefficient (Wildman–Crippen LogP) is 1.83. The van der Waals surface area contributed by atoms with Crippen molar-refractivity contribution in [2.45, 2.75) is 33.6 Å². The molecule has 0 aromatic carbocycles. The van der Waals surface area contributed by atoms with Gasteiger partial charge in [-0.25, -0.2) is 9.97 Å². The Morgan fingerprint density at radius 2 is 2.07 bits per heavy atom. The van der Waals surface area contributed by atoms with E-state index in [1.807, 2.05) is 6.07 Å². The summed E-state index contributed by atoms with van der Waals surface area (Å²) in [6, 6.07) is 2.01. The van der Waals surface area contributed by atoms with E-state index in [0.29, 0.717) is 23.0 Å². The normalized spacial score (nSPS) is 10.3. The third-order valence-corrected chi connectivity index (χ3v) is 2.22. The van der Waals surface area contributed by atoms with Crippen LogP contribution in [0.15, 0.2) is 0 Å². The summed E-state index contributed by atoms with van der Waals surface area (Å²) in [5.41, 5.74) is 6.73. The minimum absolute atomic E-state index is 0.295. The SMILES string of the molecule is Cc1nc(CCC(C)C)nc(N)c1C#N. The molecule has 0 saturated heterocycles. The first-order chi connectivity index (χ1) is 7.04. The van der Waals surface area contributed by atoms with Crippen molar-refractivity contribution in [3.05, 3.63) is 17.1 Å². The van der Waals surface area contributed by atoms with E-state index in [2.05, 4.69) is 23.8 Å². The van der Waals surface area contributed by atoms with Gasteiger partial charge in [0, 0.05) is 6.42 Å². The van der Waals surface area contributed by atoms with Gasteiger partial charge in [0.2, 0.25) is 0 Å². The fourth-order valence-electron chi connectivity index (χ4n) is 1.32. The van der Waals surface area contributed by atoms with Crippen LogP contribution in [0.4, 0.5) is 5.82 Å². The van der Waals surface area contributed by atoms with Gasteiger partial charge in [-0.1, -0.05) is 13.8 Å². The lowest BCUT2D eigenvalue weighted by molar-refractivity contribution is 0.574. The zero-order valence-corrected chi connectivity index (χ0v) is 9.41. The van der Waals surface area contributed by atoms with Crippen LogP contribution < -0.4 is 5.73 Å². The Morgan fingerprint density at radius 1 is 1.40 bits per heavy atom. The van der Waals surface area contributed by atoms with Crippen LogP contribution >= 0.6 is 0 Å². The summed E-state index contributed by atoms with van der Waals surface area (Å²) in [6.07, 6.45) is 1.85. The molecule has 1 rings (SSSR count).